The number of hydrogen-bond acceptors (Lipinski definition) is 8. The first kappa shape index (κ1) is 18.8. The van der Waals surface area contributed by atoms with E-state index in [1.54, 1.807) is 30.5 Å². The molecule has 0 aliphatic carbocycles. The van der Waals surface area contributed by atoms with E-state index >= 15 is 0 Å². The van der Waals surface area contributed by atoms with Crippen molar-refractivity contribution >= 4 is 28.9 Å². The molecule has 3 aromatic rings. The van der Waals surface area contributed by atoms with Crippen molar-refractivity contribution in [3.8, 4) is 5.75 Å². The van der Waals surface area contributed by atoms with Gasteiger partial charge in [0.05, 0.1) is 11.6 Å². The molecule has 1 N–H and O–H groups in total. The molecule has 0 unspecified atom stereocenters. The highest BCUT2D eigenvalue weighted by Gasteiger charge is 2.23. The third-order valence-corrected chi connectivity index (χ3v) is 4.45. The number of para-hydroxylation sites is 1. The summed E-state index contributed by atoms with van der Waals surface area (Å²) in [4.78, 5) is 25.0. The molecule has 140 valence electrons. The van der Waals surface area contributed by atoms with Gasteiger partial charge in [0, 0.05) is 5.41 Å². The fourth-order valence-corrected chi connectivity index (χ4v) is 2.87. The minimum Gasteiger partial charge on any atom is -0.506 e. The molecule has 9 heteroatoms. The van der Waals surface area contributed by atoms with Crippen LogP contribution in [0.2, 0.25) is 0 Å². The van der Waals surface area contributed by atoms with E-state index < -0.39 is 16.6 Å². The number of rotatable bonds is 3. The van der Waals surface area contributed by atoms with Crippen molar-refractivity contribution < 1.29 is 9.52 Å². The van der Waals surface area contributed by atoms with Crippen molar-refractivity contribution in [1.82, 2.24) is 14.9 Å². The molecule has 2 aromatic heterocycles. The first-order valence-corrected chi connectivity index (χ1v) is 9.30. The van der Waals surface area contributed by atoms with E-state index in [2.05, 4.69) is 15.3 Å². The summed E-state index contributed by atoms with van der Waals surface area (Å²) in [6.07, 6.45) is 2.83. The predicted octanol–water partition coefficient (Wildman–Crippen LogP) is 2.35. The van der Waals surface area contributed by atoms with Gasteiger partial charge < -0.3 is 9.52 Å². The molecule has 0 bridgehead atoms. The monoisotopic (exact) mass is 386 g/mol. The van der Waals surface area contributed by atoms with Crippen molar-refractivity contribution in [2.75, 3.05) is 6.26 Å². The van der Waals surface area contributed by atoms with Crippen LogP contribution in [0.25, 0.3) is 11.0 Å². The molecular formula is C18H18N4O4S. The van der Waals surface area contributed by atoms with E-state index in [0.29, 0.717) is 5.39 Å². The van der Waals surface area contributed by atoms with E-state index in [4.69, 9.17) is 4.42 Å². The molecule has 0 saturated heterocycles. The third kappa shape index (κ3) is 3.50. The maximum Gasteiger partial charge on any atom is 0.349 e. The maximum absolute atomic E-state index is 12.8. The average molecular weight is 386 g/mol. The zero-order valence-corrected chi connectivity index (χ0v) is 16.1. The van der Waals surface area contributed by atoms with Crippen molar-refractivity contribution in [2.24, 2.45) is 5.10 Å². The largest absolute Gasteiger partial charge is 0.506 e. The molecule has 0 amide bonds. The first-order valence-electron chi connectivity index (χ1n) is 8.07. The molecule has 0 atom stereocenters. The van der Waals surface area contributed by atoms with Gasteiger partial charge in [-0.1, -0.05) is 44.7 Å². The van der Waals surface area contributed by atoms with E-state index in [-0.39, 0.29) is 27.7 Å². The van der Waals surface area contributed by atoms with Gasteiger partial charge in [-0.2, -0.15) is 9.78 Å². The topological polar surface area (TPSA) is 111 Å². The van der Waals surface area contributed by atoms with Crippen LogP contribution in [-0.2, 0) is 5.41 Å². The molecule has 2 heterocycles. The molecule has 0 fully saturated rings. The van der Waals surface area contributed by atoms with Gasteiger partial charge >= 0.3 is 5.63 Å². The zero-order valence-electron chi connectivity index (χ0n) is 15.3. The summed E-state index contributed by atoms with van der Waals surface area (Å²) in [5.74, 6) is -0.262. The Hall–Kier alpha value is -2.94. The van der Waals surface area contributed by atoms with Crippen molar-refractivity contribution in [2.45, 2.75) is 31.3 Å². The van der Waals surface area contributed by atoms with Crippen LogP contribution in [0.15, 0.2) is 48.5 Å². The second-order valence-electron chi connectivity index (χ2n) is 6.79. The highest BCUT2D eigenvalue weighted by Crippen LogP contribution is 2.25. The Kier molecular flexibility index (Phi) is 4.88. The summed E-state index contributed by atoms with van der Waals surface area (Å²) in [6, 6.07) is 6.60. The molecule has 3 rings (SSSR count). The summed E-state index contributed by atoms with van der Waals surface area (Å²) in [7, 11) is 0. The van der Waals surface area contributed by atoms with Crippen LogP contribution >= 0.6 is 11.8 Å². The lowest BCUT2D eigenvalue weighted by molar-refractivity contribution is 0.466. The first-order chi connectivity index (χ1) is 12.7. The van der Waals surface area contributed by atoms with Gasteiger partial charge in [0.25, 0.3) is 5.56 Å². The quantitative estimate of drug-likeness (QED) is 0.418. The Morgan fingerprint density at radius 3 is 2.59 bits per heavy atom. The molecule has 0 saturated carbocycles. The molecule has 0 radical (unpaired) electrons. The normalized spacial score (nSPS) is 12.1. The van der Waals surface area contributed by atoms with Crippen LogP contribution in [0.1, 0.15) is 32.0 Å². The van der Waals surface area contributed by atoms with Gasteiger partial charge in [-0.05, 0) is 18.4 Å². The fraction of sp³-hybridized carbons (Fsp3) is 0.278. The lowest BCUT2D eigenvalue weighted by atomic mass is 9.93. The highest BCUT2D eigenvalue weighted by molar-refractivity contribution is 7.98. The number of nitrogens with zero attached hydrogens (tertiary/aromatic N) is 4. The van der Waals surface area contributed by atoms with Crippen LogP contribution in [0.3, 0.4) is 0 Å². The molecular weight excluding hydrogens is 368 g/mol. The van der Waals surface area contributed by atoms with Gasteiger partial charge in [-0.3, -0.25) is 4.79 Å². The average Bonchev–Trinajstić information content (AvgIpc) is 2.61. The van der Waals surface area contributed by atoms with E-state index in [1.807, 2.05) is 20.8 Å². The van der Waals surface area contributed by atoms with Crippen LogP contribution in [0, 0.1) is 0 Å². The van der Waals surface area contributed by atoms with Crippen molar-refractivity contribution in [1.29, 1.82) is 0 Å². The van der Waals surface area contributed by atoms with Gasteiger partial charge in [-0.25, -0.2) is 4.79 Å². The van der Waals surface area contributed by atoms with Gasteiger partial charge in [-0.15, -0.1) is 10.2 Å². The smallest absolute Gasteiger partial charge is 0.349 e. The van der Waals surface area contributed by atoms with Crippen LogP contribution < -0.4 is 11.2 Å². The summed E-state index contributed by atoms with van der Waals surface area (Å²) in [5.41, 5.74) is -1.37. The van der Waals surface area contributed by atoms with E-state index in [9.17, 15) is 14.7 Å². The standard InChI is InChI=1S/C18H18N4O4S/c1-18(2,3)14-15(24)22(17(27-4)21-20-14)19-9-11-13(23)10-7-5-6-8-12(10)26-16(11)25/h5-9,23H,1-4H3. The Labute approximate surface area is 158 Å². The molecule has 0 spiro atoms. The molecule has 0 aliphatic rings. The Balaban J connectivity index is 2.19. The summed E-state index contributed by atoms with van der Waals surface area (Å²) < 4.78 is 6.26. The fourth-order valence-electron chi connectivity index (χ4n) is 2.44. The van der Waals surface area contributed by atoms with E-state index in [0.717, 1.165) is 10.9 Å². The van der Waals surface area contributed by atoms with Gasteiger partial charge in [0.2, 0.25) is 5.16 Å². The Morgan fingerprint density at radius 2 is 1.93 bits per heavy atom. The van der Waals surface area contributed by atoms with Gasteiger partial charge in [0.1, 0.15) is 22.6 Å². The SMILES string of the molecule is CSc1nnc(C(C)(C)C)c(=O)n1N=Cc1c(O)c2ccccc2oc1=O. The second kappa shape index (κ2) is 6.99. The molecule has 27 heavy (non-hydrogen) atoms. The molecule has 8 nitrogen and oxygen atoms in total. The third-order valence-electron chi connectivity index (χ3n) is 3.83. The lowest BCUT2D eigenvalue weighted by Crippen LogP contribution is -2.32. The van der Waals surface area contributed by atoms with Crippen molar-refractivity contribution in [3.05, 3.63) is 56.3 Å². The summed E-state index contributed by atoms with van der Waals surface area (Å²) in [6.45, 7) is 5.53. The van der Waals surface area contributed by atoms with Gasteiger partial charge in [0.15, 0.2) is 0 Å². The molecule has 0 aliphatic heterocycles. The number of thioether (sulfide) groups is 1. The number of aromatic nitrogens is 3. The molecule has 1 aromatic carbocycles. The summed E-state index contributed by atoms with van der Waals surface area (Å²) in [5, 5.41) is 23.2. The van der Waals surface area contributed by atoms with Crippen molar-refractivity contribution in [3.63, 3.8) is 0 Å². The van der Waals surface area contributed by atoms with Crippen LogP contribution in [0.5, 0.6) is 5.75 Å². The Bertz CT molecular complexity index is 1160. The Morgan fingerprint density at radius 1 is 1.22 bits per heavy atom. The predicted molar refractivity (Wildman–Crippen MR) is 104 cm³/mol. The minimum absolute atomic E-state index is 0.151. The number of benzene rings is 1. The zero-order chi connectivity index (χ0) is 19.8. The minimum atomic E-state index is -0.758. The van der Waals surface area contributed by atoms with Crippen LogP contribution in [-0.4, -0.2) is 32.5 Å². The van der Waals surface area contributed by atoms with Crippen LogP contribution in [0.4, 0.5) is 0 Å². The maximum atomic E-state index is 12.8. The highest BCUT2D eigenvalue weighted by atomic mass is 32.2. The number of fused-ring (bicyclic) bond motifs is 1. The van der Waals surface area contributed by atoms with E-state index in [1.165, 1.54) is 11.8 Å². The second-order valence-corrected chi connectivity index (χ2v) is 7.57. The summed E-state index contributed by atoms with van der Waals surface area (Å²) >= 11 is 1.19. The number of hydrogen-bond donors (Lipinski definition) is 1. The number of aromatic hydroxyl groups is 1. The lowest BCUT2D eigenvalue weighted by Gasteiger charge is -2.16.